The molecule has 83 heavy (non-hydrogen) atoms. The van der Waals surface area contributed by atoms with E-state index in [9.17, 15) is 63.0 Å². The van der Waals surface area contributed by atoms with Crippen molar-refractivity contribution < 1.29 is 63.0 Å². The minimum Gasteiger partial charge on any atom is -0.480 e. The number of aliphatic hydroxyl groups is 1. The summed E-state index contributed by atoms with van der Waals surface area (Å²) in [5, 5.41) is 41.0. The fourth-order valence-electron chi connectivity index (χ4n) is 9.84. The Hall–Kier alpha value is -7.39. The molecule has 0 saturated carbocycles. The quantitative estimate of drug-likeness (QED) is 0.0305. The number of aliphatic carboxylic acids is 1. The first-order valence-corrected chi connectivity index (χ1v) is 28.1. The highest BCUT2D eigenvalue weighted by Crippen LogP contribution is 2.26. The SMILES string of the molecule is C[C@H](NC(=O)[C@H](CCN)NC(=O)[C@H](CCN)NC(=O)[C@H](Cc1c[nH]c2ccccc12)NC(=O)[C@H](CCN)NC(=O)[C@@H](CCN)NC(=O)[C@H](CCCN)NC(=O)[C@@H](N)CCN)C(=O)N[C@@H](CO)C(=O)N1CCC[C@@H]1C(=O)N1CCC[C@H]1C(=O)O. The van der Waals surface area contributed by atoms with Crippen molar-refractivity contribution in [3.63, 3.8) is 0 Å². The molecule has 3 heterocycles. The lowest BCUT2D eigenvalue weighted by Gasteiger charge is -2.32. The van der Waals surface area contributed by atoms with Crippen molar-refractivity contribution in [3.05, 3.63) is 36.0 Å². The number of aromatic amines is 1. The Morgan fingerprint density at radius 1 is 0.542 bits per heavy atom. The van der Waals surface area contributed by atoms with E-state index in [0.29, 0.717) is 35.7 Å². The van der Waals surface area contributed by atoms with E-state index in [1.54, 1.807) is 30.5 Å². The van der Waals surface area contributed by atoms with E-state index in [-0.39, 0.29) is 110 Å². The number of benzene rings is 1. The molecule has 0 unspecified atom stereocenters. The third-order valence-corrected chi connectivity index (χ3v) is 14.4. The van der Waals surface area contributed by atoms with Crippen molar-refractivity contribution in [1.29, 1.82) is 0 Å². The van der Waals surface area contributed by atoms with Crippen LogP contribution >= 0.6 is 0 Å². The average Bonchev–Trinajstić information content (AvgIpc) is 4.37. The number of aromatic nitrogens is 1. The molecule has 2 saturated heterocycles. The van der Waals surface area contributed by atoms with E-state index in [4.69, 9.17) is 40.1 Å². The van der Waals surface area contributed by atoms with Crippen LogP contribution in [0.3, 0.4) is 0 Å². The molecule has 0 radical (unpaired) electrons. The number of aliphatic hydroxyl groups excluding tert-OH is 1. The molecule has 2 aliphatic heterocycles. The van der Waals surface area contributed by atoms with Gasteiger partial charge in [0.25, 0.3) is 0 Å². The van der Waals surface area contributed by atoms with E-state index in [1.165, 1.54) is 16.7 Å². The first-order chi connectivity index (χ1) is 39.7. The number of carboxylic acid groups (broad SMARTS) is 1. The predicted molar refractivity (Wildman–Crippen MR) is 302 cm³/mol. The molecule has 4 rings (SSSR count). The summed E-state index contributed by atoms with van der Waals surface area (Å²) in [4.78, 5) is 155. The highest BCUT2D eigenvalue weighted by molar-refractivity contribution is 5.99. The van der Waals surface area contributed by atoms with Crippen LogP contribution in [0.1, 0.15) is 83.1 Å². The molecule has 1 aromatic carbocycles. The monoisotopic (exact) mass is 1170 g/mol. The van der Waals surface area contributed by atoms with Gasteiger partial charge >= 0.3 is 5.97 Å². The first kappa shape index (κ1) is 68.1. The van der Waals surface area contributed by atoms with Gasteiger partial charge in [0.2, 0.25) is 59.1 Å². The van der Waals surface area contributed by atoms with E-state index in [1.807, 2.05) is 0 Å². The van der Waals surface area contributed by atoms with Gasteiger partial charge < -0.3 is 108 Å². The van der Waals surface area contributed by atoms with E-state index >= 15 is 0 Å². The van der Waals surface area contributed by atoms with Crippen LogP contribution in [0.25, 0.3) is 10.9 Å². The number of nitrogens with two attached hydrogens (primary N) is 7. The van der Waals surface area contributed by atoms with Crippen molar-refractivity contribution >= 4 is 75.9 Å². The van der Waals surface area contributed by atoms with Crippen molar-refractivity contribution in [2.24, 2.45) is 40.1 Å². The lowest BCUT2D eigenvalue weighted by molar-refractivity contribution is -0.152. The number of hydrogen-bond acceptors (Lipinski definition) is 19. The summed E-state index contributed by atoms with van der Waals surface area (Å²) in [7, 11) is 0. The highest BCUT2D eigenvalue weighted by atomic mass is 16.4. The molecule has 1 aromatic heterocycles. The number of likely N-dealkylation sites (tertiary alicyclic amines) is 2. The largest absolute Gasteiger partial charge is 0.480 e. The zero-order chi connectivity index (χ0) is 61.3. The van der Waals surface area contributed by atoms with Crippen molar-refractivity contribution in [2.75, 3.05) is 59.0 Å². The minimum absolute atomic E-state index is 0.0905. The van der Waals surface area contributed by atoms with Gasteiger partial charge in [0.15, 0.2) is 0 Å². The third kappa shape index (κ3) is 19.6. The van der Waals surface area contributed by atoms with Gasteiger partial charge in [-0.15, -0.1) is 0 Å². The Balaban J connectivity index is 1.49. The number of carbonyl (C=O) groups is 11. The number of carboxylic acids is 1. The second-order valence-electron chi connectivity index (χ2n) is 20.5. The summed E-state index contributed by atoms with van der Waals surface area (Å²) in [6.45, 7) is 0.479. The number of fused-ring (bicyclic) bond motifs is 1. The van der Waals surface area contributed by atoms with Gasteiger partial charge in [0, 0.05) is 36.6 Å². The van der Waals surface area contributed by atoms with Crippen LogP contribution in [0.4, 0.5) is 0 Å². The molecule has 31 heteroatoms. The van der Waals surface area contributed by atoms with Gasteiger partial charge in [-0.3, -0.25) is 47.9 Å². The topological polar surface area (TPSA) is 529 Å². The molecule has 2 aliphatic rings. The lowest BCUT2D eigenvalue weighted by atomic mass is 10.0. The van der Waals surface area contributed by atoms with Crippen molar-refractivity contribution in [2.45, 2.75) is 150 Å². The van der Waals surface area contributed by atoms with E-state index in [2.05, 4.69) is 47.5 Å². The van der Waals surface area contributed by atoms with Crippen molar-refractivity contribution in [1.82, 2.24) is 57.3 Å². The zero-order valence-electron chi connectivity index (χ0n) is 46.9. The second-order valence-corrected chi connectivity index (χ2v) is 20.5. The maximum Gasteiger partial charge on any atom is 0.326 e. The Labute approximate surface area is 480 Å². The molecule has 2 aromatic rings. The number of nitrogens with zero attached hydrogens (tertiary/aromatic N) is 2. The first-order valence-electron chi connectivity index (χ1n) is 28.1. The number of nitrogens with one attached hydrogen (secondary N) is 9. The number of H-pyrrole nitrogens is 1. The van der Waals surface area contributed by atoms with Crippen LogP contribution in [0.2, 0.25) is 0 Å². The Morgan fingerprint density at radius 2 is 0.976 bits per heavy atom. The molecule has 2 fully saturated rings. The number of amides is 10. The average molecular weight is 1170 g/mol. The smallest absolute Gasteiger partial charge is 0.326 e. The fourth-order valence-corrected chi connectivity index (χ4v) is 9.84. The van der Waals surface area contributed by atoms with Crippen LogP contribution in [0.5, 0.6) is 0 Å². The molecule has 25 N–H and O–H groups in total. The number of carbonyl (C=O) groups excluding carboxylic acids is 10. The molecular formula is C52H86N18O13. The number of rotatable bonds is 35. The fraction of sp³-hybridized carbons (Fsp3) is 0.635. The summed E-state index contributed by atoms with van der Waals surface area (Å²) in [6.07, 6.45) is 2.82. The lowest BCUT2D eigenvalue weighted by Crippen LogP contribution is -2.61. The second kappa shape index (κ2) is 34.3. The zero-order valence-corrected chi connectivity index (χ0v) is 46.9. The maximum atomic E-state index is 14.5. The van der Waals surface area contributed by atoms with Crippen LogP contribution in [-0.2, 0) is 59.2 Å². The van der Waals surface area contributed by atoms with Gasteiger partial charge in [-0.25, -0.2) is 4.79 Å². The molecule has 11 atom stereocenters. The van der Waals surface area contributed by atoms with E-state index in [0.717, 1.165) is 0 Å². The Bertz CT molecular complexity index is 2550. The van der Waals surface area contributed by atoms with Crippen LogP contribution in [-0.4, -0.2) is 215 Å². The molecule has 10 amide bonds. The number of hydrogen-bond donors (Lipinski definition) is 18. The predicted octanol–water partition coefficient (Wildman–Crippen LogP) is -7.52. The molecule has 0 aliphatic carbocycles. The van der Waals surface area contributed by atoms with Crippen LogP contribution in [0, 0.1) is 0 Å². The van der Waals surface area contributed by atoms with E-state index < -0.39 is 138 Å². The van der Waals surface area contributed by atoms with Gasteiger partial charge in [0.05, 0.1) is 12.6 Å². The molecule has 0 spiro atoms. The van der Waals surface area contributed by atoms with Gasteiger partial charge in [-0.2, -0.15) is 0 Å². The maximum absolute atomic E-state index is 14.5. The summed E-state index contributed by atoms with van der Waals surface area (Å²) in [5.41, 5.74) is 42.0. The van der Waals surface area contributed by atoms with Gasteiger partial charge in [-0.05, 0) is 128 Å². The Kier molecular flexibility index (Phi) is 28.1. The standard InChI is InChI=1S/C52H86N18O13/c1-28(42(72)68-39(27-71)50(80)69-23-5-10-40(69)51(81)70-24-6-11-41(70)52(82)83)61-44(74)34(13-19-55)63-47(77)36(15-21-57)66-49(79)38(25-29-26-60-32-8-3-2-7-30(29)32)67-48(78)37(16-22-58)65-46(76)35(14-20-56)64-45(75)33(9-4-17-53)62-43(73)31(59)12-18-54/h2-3,7-8,26,28,31,33-41,60,71H,4-6,9-25,27,53-59H2,1H3,(H,61,74)(H,62,73)(H,63,77)(H,64,75)(H,65,76)(H,66,79)(H,67,78)(H,68,72)(H,82,83)/t28-,31-,33-,34-,35+,36-,37-,38-,39-,40+,41-/m0/s1. The molecular weight excluding hydrogens is 1080 g/mol. The summed E-state index contributed by atoms with van der Waals surface area (Å²) in [6, 6.07) is -6.99. The van der Waals surface area contributed by atoms with Crippen LogP contribution < -0.4 is 82.7 Å². The van der Waals surface area contributed by atoms with Crippen LogP contribution in [0.15, 0.2) is 30.5 Å². The third-order valence-electron chi connectivity index (χ3n) is 14.4. The van der Waals surface area contributed by atoms with Gasteiger partial charge in [-0.1, -0.05) is 18.2 Å². The minimum atomic E-state index is -1.55. The number of para-hydroxylation sites is 1. The normalized spacial score (nSPS) is 18.2. The summed E-state index contributed by atoms with van der Waals surface area (Å²) in [5.74, 6) is -9.21. The summed E-state index contributed by atoms with van der Waals surface area (Å²) >= 11 is 0. The Morgan fingerprint density at radius 3 is 1.47 bits per heavy atom. The summed E-state index contributed by atoms with van der Waals surface area (Å²) < 4.78 is 0. The molecule has 462 valence electrons. The van der Waals surface area contributed by atoms with Crippen molar-refractivity contribution in [3.8, 4) is 0 Å². The molecule has 31 nitrogen and oxygen atoms in total. The molecule has 0 bridgehead atoms. The highest BCUT2D eigenvalue weighted by Gasteiger charge is 2.44. The van der Waals surface area contributed by atoms with Gasteiger partial charge in [0.1, 0.15) is 60.4 Å².